The molecule has 0 radical (unpaired) electrons. The first-order valence-electron chi connectivity index (χ1n) is 5.99. The van der Waals surface area contributed by atoms with E-state index in [1.165, 1.54) is 12.1 Å². The van der Waals surface area contributed by atoms with Crippen molar-refractivity contribution in [1.29, 1.82) is 0 Å². The van der Waals surface area contributed by atoms with Gasteiger partial charge in [0.15, 0.2) is 0 Å². The van der Waals surface area contributed by atoms with Gasteiger partial charge in [0.05, 0.1) is 6.54 Å². The van der Waals surface area contributed by atoms with Crippen LogP contribution in [-0.4, -0.2) is 30.6 Å². The fraction of sp³-hybridized carbons (Fsp3) is 0.538. The summed E-state index contributed by atoms with van der Waals surface area (Å²) < 4.78 is 28.0. The molecular formula is C13H18F2N2. The number of piperidine rings is 1. The van der Waals surface area contributed by atoms with Gasteiger partial charge in [-0.3, -0.25) is 4.90 Å². The highest BCUT2D eigenvalue weighted by molar-refractivity contribution is 5.20. The van der Waals surface area contributed by atoms with Gasteiger partial charge in [0.1, 0.15) is 0 Å². The Morgan fingerprint density at radius 3 is 2.65 bits per heavy atom. The summed E-state index contributed by atoms with van der Waals surface area (Å²) in [6, 6.07) is 8.02. The molecule has 1 aliphatic heterocycles. The second kappa shape index (κ2) is 5.10. The summed E-state index contributed by atoms with van der Waals surface area (Å²) in [6.07, 6.45) is 1.85. The van der Waals surface area contributed by atoms with Crippen LogP contribution in [0.3, 0.4) is 0 Å². The molecule has 1 aliphatic rings. The van der Waals surface area contributed by atoms with E-state index in [1.54, 1.807) is 23.1 Å². The number of likely N-dealkylation sites (tertiary alicyclic amines) is 1. The number of nitrogens with two attached hydrogens (primary N) is 1. The summed E-state index contributed by atoms with van der Waals surface area (Å²) in [5.74, 6) is -2.79. The molecular weight excluding hydrogens is 222 g/mol. The zero-order valence-corrected chi connectivity index (χ0v) is 9.78. The largest absolute Gasteiger partial charge is 0.327 e. The van der Waals surface area contributed by atoms with Gasteiger partial charge in [0.2, 0.25) is 0 Å². The Morgan fingerprint density at radius 2 is 2.00 bits per heavy atom. The number of nitrogens with zero attached hydrogens (tertiary/aromatic N) is 1. The van der Waals surface area contributed by atoms with Crippen molar-refractivity contribution in [2.45, 2.75) is 24.8 Å². The molecule has 0 saturated carbocycles. The summed E-state index contributed by atoms with van der Waals surface area (Å²) in [4.78, 5) is 1.77. The minimum Gasteiger partial charge on any atom is -0.327 e. The van der Waals surface area contributed by atoms with Gasteiger partial charge in [-0.1, -0.05) is 30.3 Å². The Hall–Kier alpha value is -1.00. The van der Waals surface area contributed by atoms with Crippen LogP contribution in [0.1, 0.15) is 18.4 Å². The molecule has 2 N–H and O–H groups in total. The third-order valence-electron chi connectivity index (χ3n) is 3.16. The molecule has 2 rings (SSSR count). The van der Waals surface area contributed by atoms with Gasteiger partial charge in [-0.05, 0) is 19.4 Å². The van der Waals surface area contributed by atoms with E-state index in [0.29, 0.717) is 6.54 Å². The molecule has 2 nitrogen and oxygen atoms in total. The van der Waals surface area contributed by atoms with Gasteiger partial charge < -0.3 is 5.73 Å². The SMILES string of the molecule is NC1CCCN(CC(F)(F)c2ccccc2)C1. The van der Waals surface area contributed by atoms with Gasteiger partial charge in [-0.2, -0.15) is 8.78 Å². The van der Waals surface area contributed by atoms with Crippen LogP contribution in [-0.2, 0) is 5.92 Å². The standard InChI is InChI=1S/C13H18F2N2/c14-13(15,11-5-2-1-3-6-11)10-17-8-4-7-12(16)9-17/h1-3,5-6,12H,4,7-10,16H2. The van der Waals surface area contributed by atoms with E-state index in [0.717, 1.165) is 19.4 Å². The van der Waals surface area contributed by atoms with E-state index in [9.17, 15) is 8.78 Å². The summed E-state index contributed by atoms with van der Waals surface area (Å²) in [5, 5.41) is 0. The van der Waals surface area contributed by atoms with E-state index >= 15 is 0 Å². The lowest BCUT2D eigenvalue weighted by molar-refractivity contribution is -0.0429. The van der Waals surface area contributed by atoms with Crippen molar-refractivity contribution in [2.75, 3.05) is 19.6 Å². The second-order valence-electron chi connectivity index (χ2n) is 4.71. The van der Waals surface area contributed by atoms with Crippen LogP contribution in [0.15, 0.2) is 30.3 Å². The Labute approximate surface area is 100 Å². The van der Waals surface area contributed by atoms with E-state index in [-0.39, 0.29) is 18.2 Å². The molecule has 0 aromatic heterocycles. The van der Waals surface area contributed by atoms with Crippen LogP contribution in [0.4, 0.5) is 8.78 Å². The van der Waals surface area contributed by atoms with Crippen LogP contribution >= 0.6 is 0 Å². The van der Waals surface area contributed by atoms with Crippen molar-refractivity contribution in [2.24, 2.45) is 5.73 Å². The molecule has 0 aliphatic carbocycles. The number of rotatable bonds is 3. The van der Waals surface area contributed by atoms with E-state index in [1.807, 2.05) is 0 Å². The molecule has 1 heterocycles. The molecule has 0 amide bonds. The average molecular weight is 240 g/mol. The van der Waals surface area contributed by atoms with Crippen LogP contribution in [0, 0.1) is 0 Å². The molecule has 4 heteroatoms. The third-order valence-corrected chi connectivity index (χ3v) is 3.16. The molecule has 0 bridgehead atoms. The smallest absolute Gasteiger partial charge is 0.285 e. The highest BCUT2D eigenvalue weighted by Gasteiger charge is 2.34. The van der Waals surface area contributed by atoms with Gasteiger partial charge >= 0.3 is 0 Å². The van der Waals surface area contributed by atoms with Crippen molar-refractivity contribution >= 4 is 0 Å². The monoisotopic (exact) mass is 240 g/mol. The van der Waals surface area contributed by atoms with Crippen molar-refractivity contribution in [3.8, 4) is 0 Å². The summed E-state index contributed by atoms with van der Waals surface area (Å²) in [6.45, 7) is 1.06. The lowest BCUT2D eigenvalue weighted by Gasteiger charge is -2.33. The fourth-order valence-electron chi connectivity index (χ4n) is 2.29. The van der Waals surface area contributed by atoms with Gasteiger partial charge in [-0.15, -0.1) is 0 Å². The summed E-state index contributed by atoms with van der Waals surface area (Å²) >= 11 is 0. The van der Waals surface area contributed by atoms with E-state index in [2.05, 4.69) is 0 Å². The Bertz CT molecular complexity index is 354. The predicted molar refractivity (Wildman–Crippen MR) is 64.0 cm³/mol. The number of alkyl halides is 2. The first kappa shape index (κ1) is 12.5. The van der Waals surface area contributed by atoms with Crippen molar-refractivity contribution in [3.05, 3.63) is 35.9 Å². The van der Waals surface area contributed by atoms with Gasteiger partial charge in [-0.25, -0.2) is 0 Å². The predicted octanol–water partition coefficient (Wildman–Crippen LogP) is 2.20. The molecule has 17 heavy (non-hydrogen) atoms. The third kappa shape index (κ3) is 3.23. The Morgan fingerprint density at radius 1 is 1.29 bits per heavy atom. The maximum absolute atomic E-state index is 14.0. The van der Waals surface area contributed by atoms with Crippen molar-refractivity contribution in [3.63, 3.8) is 0 Å². The highest BCUT2D eigenvalue weighted by Crippen LogP contribution is 2.29. The fourth-order valence-corrected chi connectivity index (χ4v) is 2.29. The second-order valence-corrected chi connectivity index (χ2v) is 4.71. The lowest BCUT2D eigenvalue weighted by Crippen LogP contribution is -2.46. The molecule has 1 aromatic rings. The first-order chi connectivity index (χ1) is 8.08. The van der Waals surface area contributed by atoms with Crippen LogP contribution in [0.25, 0.3) is 0 Å². The molecule has 1 atom stereocenters. The minimum atomic E-state index is -2.79. The molecule has 1 unspecified atom stereocenters. The molecule has 1 saturated heterocycles. The van der Waals surface area contributed by atoms with Crippen LogP contribution in [0.5, 0.6) is 0 Å². The zero-order chi connectivity index (χ0) is 12.3. The average Bonchev–Trinajstić information content (AvgIpc) is 2.29. The van der Waals surface area contributed by atoms with Gasteiger partial charge in [0, 0.05) is 18.2 Å². The topological polar surface area (TPSA) is 29.3 Å². The first-order valence-corrected chi connectivity index (χ1v) is 5.99. The number of halogens is 2. The zero-order valence-electron chi connectivity index (χ0n) is 9.78. The number of hydrogen-bond donors (Lipinski definition) is 1. The maximum Gasteiger partial charge on any atom is 0.285 e. The van der Waals surface area contributed by atoms with Crippen LogP contribution in [0.2, 0.25) is 0 Å². The number of hydrogen-bond acceptors (Lipinski definition) is 2. The van der Waals surface area contributed by atoms with Gasteiger partial charge in [0.25, 0.3) is 5.92 Å². The van der Waals surface area contributed by atoms with E-state index < -0.39 is 5.92 Å². The van der Waals surface area contributed by atoms with E-state index in [4.69, 9.17) is 5.73 Å². The molecule has 1 aromatic carbocycles. The lowest BCUT2D eigenvalue weighted by atomic mass is 10.0. The minimum absolute atomic E-state index is 0.0373. The molecule has 1 fully saturated rings. The summed E-state index contributed by atoms with van der Waals surface area (Å²) in [5.41, 5.74) is 5.88. The number of benzene rings is 1. The Kier molecular flexibility index (Phi) is 3.74. The van der Waals surface area contributed by atoms with Crippen LogP contribution < -0.4 is 5.73 Å². The summed E-state index contributed by atoms with van der Waals surface area (Å²) in [7, 11) is 0. The normalized spacial score (nSPS) is 22.6. The highest BCUT2D eigenvalue weighted by atomic mass is 19.3. The van der Waals surface area contributed by atoms with Crippen molar-refractivity contribution in [1.82, 2.24) is 4.90 Å². The maximum atomic E-state index is 14.0. The molecule has 94 valence electrons. The Balaban J connectivity index is 2.01. The molecule has 0 spiro atoms. The quantitative estimate of drug-likeness (QED) is 0.877. The van der Waals surface area contributed by atoms with Crippen molar-refractivity contribution < 1.29 is 8.78 Å².